The van der Waals surface area contributed by atoms with E-state index < -0.39 is 46.8 Å². The van der Waals surface area contributed by atoms with Crippen LogP contribution in [0.5, 0.6) is 0 Å². The molecule has 0 unspecified atom stereocenters. The summed E-state index contributed by atoms with van der Waals surface area (Å²) in [6, 6.07) is -0.131. The molecule has 0 aromatic heterocycles. The molecule has 9 heteroatoms. The first-order chi connectivity index (χ1) is 15.6. The average Bonchev–Trinajstić information content (AvgIpc) is 3.16. The number of nitrogens with zero attached hydrogens (tertiary/aromatic N) is 1. The first-order valence-electron chi connectivity index (χ1n) is 12.2. The monoisotopic (exact) mass is 469 g/mol. The van der Waals surface area contributed by atoms with Crippen molar-refractivity contribution in [3.8, 4) is 0 Å². The van der Waals surface area contributed by atoms with Crippen LogP contribution in [0.3, 0.4) is 0 Å². The van der Waals surface area contributed by atoms with Gasteiger partial charge in [0.2, 0.25) is 0 Å². The maximum atomic E-state index is 12.5. The number of aliphatic hydroxyl groups excluding tert-OH is 2. The molecule has 1 saturated heterocycles. The predicted molar refractivity (Wildman–Crippen MR) is 115 cm³/mol. The minimum absolute atomic E-state index is 0.00206. The van der Waals surface area contributed by atoms with Gasteiger partial charge in [0.1, 0.15) is 23.4 Å². The van der Waals surface area contributed by atoms with Crippen LogP contribution in [0, 0.1) is 34.5 Å². The van der Waals surface area contributed by atoms with Crippen molar-refractivity contribution in [2.45, 2.75) is 67.0 Å². The molecule has 4 N–H and O–H groups in total. The number of aliphatic hydroxyl groups is 4. The smallest absolute Gasteiger partial charge is 0.120 e. The summed E-state index contributed by atoms with van der Waals surface area (Å²) in [5.41, 5.74) is -3.98. The van der Waals surface area contributed by atoms with Crippen LogP contribution in [-0.2, 0) is 18.9 Å². The highest BCUT2D eigenvalue weighted by Gasteiger charge is 2.89. The molecule has 1 heterocycles. The van der Waals surface area contributed by atoms with Gasteiger partial charge in [-0.25, -0.2) is 0 Å². The molecular formula is C24H39NO8. The van der Waals surface area contributed by atoms with E-state index in [9.17, 15) is 20.4 Å². The van der Waals surface area contributed by atoms with E-state index in [1.54, 1.807) is 21.3 Å². The minimum Gasteiger partial charge on any atom is -0.390 e. The fraction of sp³-hybridized carbons (Fsp3) is 1.00. The van der Waals surface area contributed by atoms with Crippen LogP contribution in [0.2, 0.25) is 0 Å². The Morgan fingerprint density at radius 1 is 0.970 bits per heavy atom. The molecule has 9 nitrogen and oxygen atoms in total. The average molecular weight is 470 g/mol. The molecule has 0 radical (unpaired) electrons. The van der Waals surface area contributed by atoms with Crippen molar-refractivity contribution in [1.29, 1.82) is 0 Å². The minimum atomic E-state index is -1.67. The Morgan fingerprint density at radius 3 is 2.30 bits per heavy atom. The Kier molecular flexibility index (Phi) is 4.82. The first kappa shape index (κ1) is 23.1. The number of hydrogen-bond acceptors (Lipinski definition) is 9. The van der Waals surface area contributed by atoms with Gasteiger partial charge in [-0.2, -0.15) is 0 Å². The maximum absolute atomic E-state index is 12.5. The summed E-state index contributed by atoms with van der Waals surface area (Å²) in [4.78, 5) is 2.31. The lowest BCUT2D eigenvalue weighted by molar-refractivity contribution is -0.314. The topological polar surface area (TPSA) is 121 Å². The van der Waals surface area contributed by atoms with Crippen LogP contribution in [0.1, 0.15) is 19.3 Å². The number of piperidine rings is 1. The first-order valence-corrected chi connectivity index (χ1v) is 12.2. The Labute approximate surface area is 194 Å². The van der Waals surface area contributed by atoms with Crippen molar-refractivity contribution >= 4 is 0 Å². The van der Waals surface area contributed by atoms with Crippen LogP contribution in [0.25, 0.3) is 0 Å². The summed E-state index contributed by atoms with van der Waals surface area (Å²) in [7, 11) is 8.66. The van der Waals surface area contributed by atoms with E-state index in [-0.39, 0.29) is 41.9 Å². The molecule has 0 aromatic rings. The van der Waals surface area contributed by atoms with Gasteiger partial charge >= 0.3 is 0 Å². The zero-order chi connectivity index (χ0) is 23.7. The van der Waals surface area contributed by atoms with Gasteiger partial charge in [-0.3, -0.25) is 0 Å². The van der Waals surface area contributed by atoms with E-state index in [1.807, 2.05) is 0 Å². The summed E-state index contributed by atoms with van der Waals surface area (Å²) < 4.78 is 23.9. The Balaban J connectivity index is 1.66. The predicted octanol–water partition coefficient (Wildman–Crippen LogP) is -1.15. The fourth-order valence-corrected chi connectivity index (χ4v) is 10.9. The van der Waals surface area contributed by atoms with Gasteiger partial charge in [0.15, 0.2) is 0 Å². The molecule has 6 rings (SSSR count). The number of rotatable bonds is 5. The fourth-order valence-electron chi connectivity index (χ4n) is 10.9. The molecule has 6 aliphatic rings. The third-order valence-corrected chi connectivity index (χ3v) is 11.3. The van der Waals surface area contributed by atoms with Crippen LogP contribution in [-0.4, -0.2) is 122 Å². The van der Waals surface area contributed by atoms with E-state index in [2.05, 4.69) is 11.9 Å². The summed E-state index contributed by atoms with van der Waals surface area (Å²) in [5, 5.41) is 47.3. The molecule has 33 heavy (non-hydrogen) atoms. The number of methoxy groups -OCH3 is 4. The van der Waals surface area contributed by atoms with Crippen LogP contribution in [0.15, 0.2) is 0 Å². The molecule has 7 bridgehead atoms. The van der Waals surface area contributed by atoms with Gasteiger partial charge in [-0.15, -0.1) is 0 Å². The summed E-state index contributed by atoms with van der Waals surface area (Å²) in [6.45, 7) is 1.36. The van der Waals surface area contributed by atoms with Crippen molar-refractivity contribution in [3.05, 3.63) is 0 Å². The summed E-state index contributed by atoms with van der Waals surface area (Å²) in [5.74, 6) is -1.44. The van der Waals surface area contributed by atoms with Crippen molar-refractivity contribution in [2.75, 3.05) is 48.6 Å². The van der Waals surface area contributed by atoms with Gasteiger partial charge in [-0.05, 0) is 32.2 Å². The molecular weight excluding hydrogens is 430 g/mol. The molecule has 1 aliphatic heterocycles. The van der Waals surface area contributed by atoms with Crippen molar-refractivity contribution in [2.24, 2.45) is 34.5 Å². The summed E-state index contributed by atoms with van der Waals surface area (Å²) >= 11 is 0. The van der Waals surface area contributed by atoms with Crippen LogP contribution >= 0.6 is 0 Å². The standard InChI is InChI=1S/C24H39NO8/c1-25-9-21(10-30-2)7-6-12(31-3)23-11-8-22(28)18(26)13(11)24(29,19(27)20(22)33-5)14(17(23)25)15(32-4)16(21)23/h11-20,26-29H,6-10H2,1-5H3/t11-,12+,13-,14-,15+,16+,17-,18-,19+,20+,21-,22-,23-,24-/m1/s1. The van der Waals surface area contributed by atoms with E-state index in [0.717, 1.165) is 19.4 Å². The molecule has 5 saturated carbocycles. The quantitative estimate of drug-likeness (QED) is 0.396. The van der Waals surface area contributed by atoms with E-state index >= 15 is 0 Å². The van der Waals surface area contributed by atoms with Crippen molar-refractivity contribution in [1.82, 2.24) is 4.90 Å². The number of fused-ring (bicyclic) bond motifs is 2. The third-order valence-electron chi connectivity index (χ3n) is 11.3. The Bertz CT molecular complexity index is 830. The number of likely N-dealkylation sites (tertiary alicyclic amines) is 1. The lowest BCUT2D eigenvalue weighted by Crippen LogP contribution is -2.79. The SMILES string of the molecule is COC[C@]12CC[C@H](OC)[C@]34[C@@H]5C[C@@]6(O)[C@H](O)[C@@H]5[C@@](O)([C@H]([C@H](OC)[C@@H]13)[C@H]4N(C)C2)[C@@H](O)[C@@H]6OC. The highest BCUT2D eigenvalue weighted by molar-refractivity contribution is 5.39. The lowest BCUT2D eigenvalue weighted by atomic mass is 9.43. The number of ether oxygens (including phenoxy) is 4. The zero-order valence-corrected chi connectivity index (χ0v) is 20.2. The van der Waals surface area contributed by atoms with Crippen molar-refractivity contribution < 1.29 is 39.4 Å². The van der Waals surface area contributed by atoms with Gasteiger partial charge in [-0.1, -0.05) is 0 Å². The largest absolute Gasteiger partial charge is 0.390 e. The van der Waals surface area contributed by atoms with Gasteiger partial charge < -0.3 is 44.3 Å². The van der Waals surface area contributed by atoms with E-state index in [4.69, 9.17) is 18.9 Å². The van der Waals surface area contributed by atoms with Gasteiger partial charge in [0.25, 0.3) is 0 Å². The highest BCUT2D eigenvalue weighted by Crippen LogP contribution is 2.79. The van der Waals surface area contributed by atoms with E-state index in [1.165, 1.54) is 7.11 Å². The molecule has 5 aliphatic carbocycles. The molecule has 0 aromatic carbocycles. The maximum Gasteiger partial charge on any atom is 0.120 e. The molecule has 6 fully saturated rings. The Hall–Kier alpha value is -0.360. The van der Waals surface area contributed by atoms with Crippen LogP contribution < -0.4 is 0 Å². The zero-order valence-electron chi connectivity index (χ0n) is 20.2. The summed E-state index contributed by atoms with van der Waals surface area (Å²) in [6.07, 6.45) is -2.14. The normalized spacial score (nSPS) is 63.2. The van der Waals surface area contributed by atoms with Crippen LogP contribution in [0.4, 0.5) is 0 Å². The van der Waals surface area contributed by atoms with Crippen molar-refractivity contribution in [3.63, 3.8) is 0 Å². The molecule has 0 amide bonds. The molecule has 188 valence electrons. The van der Waals surface area contributed by atoms with Gasteiger partial charge in [0, 0.05) is 69.6 Å². The lowest BCUT2D eigenvalue weighted by Gasteiger charge is -2.69. The second-order valence-electron chi connectivity index (χ2n) is 11.9. The van der Waals surface area contributed by atoms with Gasteiger partial charge in [0.05, 0.1) is 24.9 Å². The molecule has 1 spiro atoms. The number of hydrogen-bond donors (Lipinski definition) is 4. The second-order valence-corrected chi connectivity index (χ2v) is 11.9. The second kappa shape index (κ2) is 6.89. The Morgan fingerprint density at radius 2 is 1.70 bits per heavy atom. The highest BCUT2D eigenvalue weighted by atomic mass is 16.5. The third kappa shape index (κ3) is 2.15. The van der Waals surface area contributed by atoms with E-state index in [0.29, 0.717) is 6.61 Å². The molecule has 14 atom stereocenters.